The first-order chi connectivity index (χ1) is 16.2. The average molecular weight is 477 g/mol. The highest BCUT2D eigenvalue weighted by molar-refractivity contribution is 6.01. The van der Waals surface area contributed by atoms with Crippen molar-refractivity contribution >= 4 is 17.3 Å². The van der Waals surface area contributed by atoms with Crippen LogP contribution >= 0.6 is 0 Å². The summed E-state index contributed by atoms with van der Waals surface area (Å²) < 4.78 is 30.0. The summed E-state index contributed by atoms with van der Waals surface area (Å²) in [5.41, 5.74) is 0.00893. The van der Waals surface area contributed by atoms with E-state index in [-0.39, 0.29) is 18.3 Å². The first-order valence-corrected chi connectivity index (χ1v) is 13.1. The summed E-state index contributed by atoms with van der Waals surface area (Å²) in [7, 11) is 0. The van der Waals surface area contributed by atoms with Crippen molar-refractivity contribution < 1.29 is 23.2 Å². The molecule has 4 saturated carbocycles. The molecule has 8 unspecified atom stereocenters. The van der Waals surface area contributed by atoms with Crippen molar-refractivity contribution in [2.45, 2.75) is 77.6 Å². The number of ketones is 2. The molecule has 5 aliphatic rings. The van der Waals surface area contributed by atoms with Crippen molar-refractivity contribution in [3.8, 4) is 0 Å². The van der Waals surface area contributed by atoms with Crippen molar-refractivity contribution in [2.24, 2.45) is 39.7 Å². The molecule has 0 aromatic rings. The van der Waals surface area contributed by atoms with Gasteiger partial charge >= 0.3 is 0 Å². The Bertz CT molecular complexity index is 900. The SMILES string of the molecule is C=C1CC2C(C(=O)C(F)C3(C)C(=O)C(F)CC23)C2(C)CCC(=NOCCN3CCCCC3)CC12. The first kappa shape index (κ1) is 24.1. The number of fused-ring (bicyclic) bond motifs is 5. The predicted octanol–water partition coefficient (Wildman–Crippen LogP) is 4.70. The van der Waals surface area contributed by atoms with Crippen LogP contribution in [0.4, 0.5) is 8.78 Å². The maximum absolute atomic E-state index is 15.6. The van der Waals surface area contributed by atoms with Gasteiger partial charge in [0.25, 0.3) is 0 Å². The predicted molar refractivity (Wildman–Crippen MR) is 126 cm³/mol. The second-order valence-corrected chi connectivity index (χ2v) is 11.9. The minimum Gasteiger partial charge on any atom is -0.394 e. The van der Waals surface area contributed by atoms with Gasteiger partial charge in [0.1, 0.15) is 6.61 Å². The molecule has 5 nitrogen and oxygen atoms in total. The molecule has 4 aliphatic carbocycles. The lowest BCUT2D eigenvalue weighted by Crippen LogP contribution is -2.62. The lowest BCUT2D eigenvalue weighted by atomic mass is 9.43. The van der Waals surface area contributed by atoms with Crippen molar-refractivity contribution in [3.05, 3.63) is 12.2 Å². The summed E-state index contributed by atoms with van der Waals surface area (Å²) in [5.74, 6) is -2.38. The Kier molecular flexibility index (Phi) is 6.23. The van der Waals surface area contributed by atoms with E-state index in [1.807, 2.05) is 0 Å². The summed E-state index contributed by atoms with van der Waals surface area (Å²) in [6.07, 6.45) is 2.83. The largest absolute Gasteiger partial charge is 0.394 e. The van der Waals surface area contributed by atoms with Gasteiger partial charge in [0.05, 0.1) is 11.1 Å². The average Bonchev–Trinajstić information content (AvgIpc) is 3.06. The molecular weight excluding hydrogens is 438 g/mol. The molecule has 1 aliphatic heterocycles. The highest BCUT2D eigenvalue weighted by atomic mass is 19.1. The Morgan fingerprint density at radius 1 is 1.15 bits per heavy atom. The molecule has 0 radical (unpaired) electrons. The minimum absolute atomic E-state index is 0.0192. The number of carbonyl (C=O) groups excluding carboxylic acids is 2. The molecule has 34 heavy (non-hydrogen) atoms. The van der Waals surface area contributed by atoms with E-state index >= 15 is 4.39 Å². The zero-order valence-corrected chi connectivity index (χ0v) is 20.5. The Morgan fingerprint density at radius 3 is 2.62 bits per heavy atom. The molecule has 0 bridgehead atoms. The molecule has 1 saturated heterocycles. The quantitative estimate of drug-likeness (QED) is 0.335. The van der Waals surface area contributed by atoms with Crippen molar-refractivity contribution in [1.29, 1.82) is 0 Å². The summed E-state index contributed by atoms with van der Waals surface area (Å²) in [5, 5.41) is 4.44. The second-order valence-electron chi connectivity index (χ2n) is 11.9. The number of piperidine rings is 1. The van der Waals surface area contributed by atoms with E-state index in [1.165, 1.54) is 26.2 Å². The van der Waals surface area contributed by atoms with Crippen LogP contribution in [-0.4, -0.2) is 60.8 Å². The van der Waals surface area contributed by atoms with Gasteiger partial charge in [-0.15, -0.1) is 0 Å². The van der Waals surface area contributed by atoms with Gasteiger partial charge in [0.15, 0.2) is 23.9 Å². The van der Waals surface area contributed by atoms with Crippen molar-refractivity contribution in [1.82, 2.24) is 4.90 Å². The number of likely N-dealkylation sites (tertiary alicyclic amines) is 1. The van der Waals surface area contributed by atoms with Crippen LogP contribution in [0.2, 0.25) is 0 Å². The molecule has 5 fully saturated rings. The molecule has 8 atom stereocenters. The zero-order valence-electron chi connectivity index (χ0n) is 20.5. The summed E-state index contributed by atoms with van der Waals surface area (Å²) >= 11 is 0. The smallest absolute Gasteiger partial charge is 0.176 e. The van der Waals surface area contributed by atoms with Gasteiger partial charge in [0.2, 0.25) is 0 Å². The van der Waals surface area contributed by atoms with E-state index in [0.717, 1.165) is 30.9 Å². The lowest BCUT2D eigenvalue weighted by molar-refractivity contribution is -0.165. The Morgan fingerprint density at radius 2 is 1.88 bits per heavy atom. The van der Waals surface area contributed by atoms with Crippen LogP contribution in [0.25, 0.3) is 0 Å². The number of nitrogens with zero attached hydrogens (tertiary/aromatic N) is 2. The van der Waals surface area contributed by atoms with Gasteiger partial charge in [-0.05, 0) is 88.1 Å². The number of carbonyl (C=O) groups is 2. The molecule has 0 amide bonds. The van der Waals surface area contributed by atoms with Crippen LogP contribution in [0.3, 0.4) is 0 Å². The Balaban J connectivity index is 1.30. The maximum atomic E-state index is 15.6. The van der Waals surface area contributed by atoms with E-state index in [1.54, 1.807) is 0 Å². The van der Waals surface area contributed by atoms with Crippen LogP contribution in [0.5, 0.6) is 0 Å². The van der Waals surface area contributed by atoms with Gasteiger partial charge in [-0.25, -0.2) is 8.78 Å². The van der Waals surface area contributed by atoms with Gasteiger partial charge in [-0.1, -0.05) is 30.7 Å². The van der Waals surface area contributed by atoms with Crippen LogP contribution in [0.15, 0.2) is 17.3 Å². The minimum atomic E-state index is -1.93. The van der Waals surface area contributed by atoms with Crippen molar-refractivity contribution in [3.63, 3.8) is 0 Å². The van der Waals surface area contributed by atoms with Gasteiger partial charge in [-0.2, -0.15) is 0 Å². The molecule has 0 aromatic carbocycles. The van der Waals surface area contributed by atoms with E-state index in [0.29, 0.717) is 32.3 Å². The Labute approximate surface area is 201 Å². The fourth-order valence-corrected chi connectivity index (χ4v) is 8.16. The highest BCUT2D eigenvalue weighted by Crippen LogP contribution is 2.65. The maximum Gasteiger partial charge on any atom is 0.176 e. The molecule has 0 spiro atoms. The fourth-order valence-electron chi connectivity index (χ4n) is 8.16. The number of Topliss-reactive ketones (excluding diaryl/α,β-unsaturated/α-hetero) is 2. The molecule has 188 valence electrons. The Hall–Kier alpha value is -1.63. The topological polar surface area (TPSA) is 59.0 Å². The van der Waals surface area contributed by atoms with E-state index in [4.69, 9.17) is 4.84 Å². The van der Waals surface area contributed by atoms with Crippen LogP contribution in [0, 0.1) is 34.5 Å². The van der Waals surface area contributed by atoms with Crippen LogP contribution < -0.4 is 0 Å². The number of halogens is 2. The third-order valence-corrected chi connectivity index (χ3v) is 10.1. The molecule has 0 aromatic heterocycles. The number of oxime groups is 1. The molecule has 1 heterocycles. The first-order valence-electron chi connectivity index (χ1n) is 13.1. The van der Waals surface area contributed by atoms with Crippen LogP contribution in [-0.2, 0) is 14.4 Å². The van der Waals surface area contributed by atoms with Crippen LogP contribution in [0.1, 0.15) is 65.2 Å². The van der Waals surface area contributed by atoms with E-state index in [2.05, 4.69) is 23.6 Å². The number of hydrogen-bond donors (Lipinski definition) is 0. The monoisotopic (exact) mass is 476 g/mol. The normalized spacial score (nSPS) is 46.2. The number of allylic oxidation sites excluding steroid dienone is 1. The van der Waals surface area contributed by atoms with Crippen molar-refractivity contribution in [2.75, 3.05) is 26.2 Å². The lowest BCUT2D eigenvalue weighted by Gasteiger charge is -2.59. The van der Waals surface area contributed by atoms with E-state index in [9.17, 15) is 14.0 Å². The summed E-state index contributed by atoms with van der Waals surface area (Å²) in [4.78, 5) is 34.1. The fraction of sp³-hybridized carbons (Fsp3) is 0.815. The zero-order chi connectivity index (χ0) is 24.3. The molecule has 0 N–H and O–H groups in total. The second kappa shape index (κ2) is 8.79. The number of alkyl halides is 2. The van der Waals surface area contributed by atoms with Gasteiger partial charge in [0, 0.05) is 12.5 Å². The standard InChI is InChI=1S/C27H38F2N2O3/c1-16-13-18-20-15-21(28)25(33)27(20,3)24(29)23(32)22(18)26(2)8-7-17(14-19(16)26)30-34-12-11-31-9-5-4-6-10-31/h18-22,24H,1,4-15H2,2-3H3. The third-order valence-electron chi connectivity index (χ3n) is 10.1. The summed E-state index contributed by atoms with van der Waals surface area (Å²) in [6, 6.07) is 0. The van der Waals surface area contributed by atoms with E-state index < -0.39 is 46.6 Å². The summed E-state index contributed by atoms with van der Waals surface area (Å²) in [6.45, 7) is 11.6. The van der Waals surface area contributed by atoms with Gasteiger partial charge in [-0.3, -0.25) is 14.5 Å². The number of hydrogen-bond acceptors (Lipinski definition) is 5. The molecular formula is C27H38F2N2O3. The highest BCUT2D eigenvalue weighted by Gasteiger charge is 2.70. The third kappa shape index (κ3) is 3.59. The van der Waals surface area contributed by atoms with Gasteiger partial charge < -0.3 is 4.84 Å². The number of rotatable bonds is 4. The molecule has 5 rings (SSSR count). The molecule has 7 heteroatoms.